The van der Waals surface area contributed by atoms with E-state index in [1.807, 2.05) is 20.0 Å². The smallest absolute Gasteiger partial charge is 0.165 e. The van der Waals surface area contributed by atoms with Crippen molar-refractivity contribution in [1.29, 1.82) is 0 Å². The summed E-state index contributed by atoms with van der Waals surface area (Å²) in [4.78, 5) is 10.7. The Kier molecular flexibility index (Phi) is 11.3. The lowest BCUT2D eigenvalue weighted by Crippen LogP contribution is -2.16. The largest absolute Gasteiger partial charge is 0.493 e. The zero-order chi connectivity index (χ0) is 25.1. The van der Waals surface area contributed by atoms with E-state index in [9.17, 15) is 4.39 Å². The number of hydrogen-bond donors (Lipinski definition) is 2. The minimum Gasteiger partial charge on any atom is -0.493 e. The number of fused-ring (bicyclic) bond motifs is 1. The van der Waals surface area contributed by atoms with Gasteiger partial charge in [0.15, 0.2) is 17.3 Å². The van der Waals surface area contributed by atoms with Crippen LogP contribution in [-0.2, 0) is 0 Å². The average Bonchev–Trinajstić information content (AvgIpc) is 2.82. The highest BCUT2D eigenvalue weighted by atomic mass is 35.5. The molecular weight excluding hydrogens is 457 g/mol. The molecule has 3 rings (SSSR count). The van der Waals surface area contributed by atoms with Crippen LogP contribution in [0.2, 0.25) is 5.02 Å². The lowest BCUT2D eigenvalue weighted by atomic mass is 10.2. The number of aromatic nitrogens is 2. The summed E-state index contributed by atoms with van der Waals surface area (Å²) < 4.78 is 25.9. The number of ether oxygens (including phenoxy) is 2. The summed E-state index contributed by atoms with van der Waals surface area (Å²) >= 11 is 5.88. The first-order chi connectivity index (χ1) is 16.3. The van der Waals surface area contributed by atoms with Gasteiger partial charge in [-0.05, 0) is 72.2 Å². The zero-order valence-corrected chi connectivity index (χ0v) is 21.5. The number of benzene rings is 2. The molecule has 0 saturated carbocycles. The number of halogens is 2. The normalized spacial score (nSPS) is 11.7. The van der Waals surface area contributed by atoms with Crippen LogP contribution in [0.5, 0.6) is 11.5 Å². The number of hydrogen-bond acceptors (Lipinski definition) is 7. The Morgan fingerprint density at radius 3 is 2.56 bits per heavy atom. The molecule has 1 unspecified atom stereocenters. The number of nitrogens with zero attached hydrogens (tertiary/aromatic N) is 3. The first kappa shape index (κ1) is 27.6. The van der Waals surface area contributed by atoms with Gasteiger partial charge in [0.2, 0.25) is 0 Å². The minimum absolute atomic E-state index is 0.00103. The Morgan fingerprint density at radius 2 is 1.91 bits per heavy atom. The van der Waals surface area contributed by atoms with E-state index >= 15 is 0 Å². The molecule has 1 atom stereocenters. The molecule has 3 aromatic rings. The first-order valence-corrected chi connectivity index (χ1v) is 11.7. The molecule has 34 heavy (non-hydrogen) atoms. The second-order valence-electron chi connectivity index (χ2n) is 8.04. The van der Waals surface area contributed by atoms with E-state index in [1.54, 1.807) is 25.3 Å². The van der Waals surface area contributed by atoms with Gasteiger partial charge in [0.25, 0.3) is 0 Å². The highest BCUT2D eigenvalue weighted by Crippen LogP contribution is 2.36. The predicted molar refractivity (Wildman–Crippen MR) is 138 cm³/mol. The van der Waals surface area contributed by atoms with Crippen molar-refractivity contribution in [3.8, 4) is 11.5 Å². The molecule has 1 heterocycles. The number of methoxy groups -OCH3 is 1. The van der Waals surface area contributed by atoms with Crippen molar-refractivity contribution in [2.24, 2.45) is 0 Å². The van der Waals surface area contributed by atoms with Crippen molar-refractivity contribution in [2.45, 2.75) is 32.8 Å². The third-order valence-corrected chi connectivity index (χ3v) is 5.42. The fourth-order valence-corrected chi connectivity index (χ4v) is 3.16. The summed E-state index contributed by atoms with van der Waals surface area (Å²) in [5, 5.41) is 6.85. The van der Waals surface area contributed by atoms with Gasteiger partial charge in [-0.15, -0.1) is 0 Å². The summed E-state index contributed by atoms with van der Waals surface area (Å²) in [7, 11) is 7.62. The maximum atomic E-state index is 14.3. The molecule has 2 N–H and O–H groups in total. The third kappa shape index (κ3) is 7.97. The molecule has 2 aromatic carbocycles. The van der Waals surface area contributed by atoms with E-state index in [-0.39, 0.29) is 16.8 Å². The van der Waals surface area contributed by atoms with Gasteiger partial charge in [0.05, 0.1) is 29.4 Å². The van der Waals surface area contributed by atoms with Crippen molar-refractivity contribution in [3.05, 3.63) is 47.5 Å². The molecular formula is C25H35ClFN5O2. The van der Waals surface area contributed by atoms with E-state index in [1.165, 1.54) is 12.4 Å². The molecule has 0 radical (unpaired) electrons. The standard InChI is InChI=1S/C21H24ClFN4O2.C4H11N/c1-13(6-5-9-24-2)29-19-10-14-17(11-18(19)28-3)25-12-26-21(14)27-16-8-4-7-15(22)20(16)23;1-4-5(2)3/h4,7-8,10-13,24H,5-6,9H2,1-3H3,(H,25,26,27);4H2,1-3H3. The van der Waals surface area contributed by atoms with E-state index < -0.39 is 5.82 Å². The van der Waals surface area contributed by atoms with Crippen LogP contribution in [0, 0.1) is 5.82 Å². The van der Waals surface area contributed by atoms with Gasteiger partial charge in [0.1, 0.15) is 12.1 Å². The molecule has 186 valence electrons. The topological polar surface area (TPSA) is 71.5 Å². The van der Waals surface area contributed by atoms with Crippen LogP contribution in [0.15, 0.2) is 36.7 Å². The Bertz CT molecular complexity index is 1050. The highest BCUT2D eigenvalue weighted by molar-refractivity contribution is 6.31. The van der Waals surface area contributed by atoms with Crippen molar-refractivity contribution in [1.82, 2.24) is 20.2 Å². The van der Waals surface area contributed by atoms with Gasteiger partial charge in [-0.2, -0.15) is 0 Å². The van der Waals surface area contributed by atoms with Gasteiger partial charge in [-0.25, -0.2) is 14.4 Å². The van der Waals surface area contributed by atoms with Crippen molar-refractivity contribution in [2.75, 3.05) is 46.7 Å². The van der Waals surface area contributed by atoms with Crippen LogP contribution in [0.1, 0.15) is 26.7 Å². The summed E-state index contributed by atoms with van der Waals surface area (Å²) in [6, 6.07) is 8.35. The monoisotopic (exact) mass is 491 g/mol. The summed E-state index contributed by atoms with van der Waals surface area (Å²) in [6.07, 6.45) is 3.30. The summed E-state index contributed by atoms with van der Waals surface area (Å²) in [5.41, 5.74) is 0.883. The fraction of sp³-hybridized carbons (Fsp3) is 0.440. The Balaban J connectivity index is 0.000000739. The lowest BCUT2D eigenvalue weighted by molar-refractivity contribution is 0.199. The molecule has 0 amide bonds. The van der Waals surface area contributed by atoms with Crippen LogP contribution in [-0.4, -0.2) is 62.3 Å². The molecule has 0 spiro atoms. The predicted octanol–water partition coefficient (Wildman–Crippen LogP) is 5.51. The number of anilines is 2. The van der Waals surface area contributed by atoms with Gasteiger partial charge >= 0.3 is 0 Å². The molecule has 0 aliphatic rings. The summed E-state index contributed by atoms with van der Waals surface area (Å²) in [6.45, 7) is 6.21. The van der Waals surface area contributed by atoms with Crippen LogP contribution < -0.4 is 20.1 Å². The molecule has 9 heteroatoms. The van der Waals surface area contributed by atoms with E-state index in [0.29, 0.717) is 28.2 Å². The average molecular weight is 492 g/mol. The second-order valence-corrected chi connectivity index (χ2v) is 8.45. The summed E-state index contributed by atoms with van der Waals surface area (Å²) in [5.74, 6) is 1.08. The third-order valence-electron chi connectivity index (χ3n) is 5.12. The van der Waals surface area contributed by atoms with Gasteiger partial charge in [-0.1, -0.05) is 24.6 Å². The van der Waals surface area contributed by atoms with Crippen LogP contribution >= 0.6 is 11.6 Å². The van der Waals surface area contributed by atoms with E-state index in [0.717, 1.165) is 25.9 Å². The van der Waals surface area contributed by atoms with Crippen molar-refractivity contribution in [3.63, 3.8) is 0 Å². The lowest BCUT2D eigenvalue weighted by Gasteiger charge is -2.18. The first-order valence-electron chi connectivity index (χ1n) is 11.3. The Morgan fingerprint density at radius 1 is 1.18 bits per heavy atom. The Hall–Kier alpha value is -2.68. The highest BCUT2D eigenvalue weighted by Gasteiger charge is 2.15. The second kappa shape index (κ2) is 13.9. The Labute approximate surface area is 206 Å². The molecule has 1 aromatic heterocycles. The zero-order valence-electron chi connectivity index (χ0n) is 20.8. The molecule has 0 bridgehead atoms. The molecule has 0 fully saturated rings. The van der Waals surface area contributed by atoms with E-state index in [2.05, 4.69) is 46.5 Å². The van der Waals surface area contributed by atoms with Crippen LogP contribution in [0.3, 0.4) is 0 Å². The maximum Gasteiger partial charge on any atom is 0.165 e. The number of nitrogens with one attached hydrogen (secondary N) is 2. The molecule has 0 aliphatic heterocycles. The number of rotatable bonds is 10. The van der Waals surface area contributed by atoms with Crippen LogP contribution in [0.25, 0.3) is 10.9 Å². The van der Waals surface area contributed by atoms with E-state index in [4.69, 9.17) is 21.1 Å². The van der Waals surface area contributed by atoms with Crippen molar-refractivity contribution >= 4 is 34.0 Å². The molecule has 0 saturated heterocycles. The van der Waals surface area contributed by atoms with Crippen LogP contribution in [0.4, 0.5) is 15.9 Å². The maximum absolute atomic E-state index is 14.3. The minimum atomic E-state index is -0.538. The van der Waals surface area contributed by atoms with Gasteiger partial charge in [-0.3, -0.25) is 0 Å². The molecule has 0 aliphatic carbocycles. The fourth-order valence-electron chi connectivity index (χ4n) is 2.99. The quantitative estimate of drug-likeness (QED) is 0.362. The molecule has 7 nitrogen and oxygen atoms in total. The SMILES string of the molecule is CCN(C)C.CNCCCC(C)Oc1cc2c(Nc3cccc(Cl)c3F)ncnc2cc1OC. The van der Waals surface area contributed by atoms with Crippen molar-refractivity contribution < 1.29 is 13.9 Å². The van der Waals surface area contributed by atoms with Gasteiger partial charge < -0.3 is 25.0 Å². The van der Waals surface area contributed by atoms with Gasteiger partial charge in [0, 0.05) is 11.5 Å².